The van der Waals surface area contributed by atoms with E-state index < -0.39 is 0 Å². The van der Waals surface area contributed by atoms with Crippen LogP contribution in [0, 0.1) is 0 Å². The van der Waals surface area contributed by atoms with E-state index in [2.05, 4.69) is 0 Å². The van der Waals surface area contributed by atoms with Crippen LogP contribution in [0.5, 0.6) is 5.75 Å². The Balaban J connectivity index is 1.83. The van der Waals surface area contributed by atoms with E-state index in [1.807, 2.05) is 36.9 Å². The molecule has 1 fully saturated rings. The van der Waals surface area contributed by atoms with Crippen molar-refractivity contribution in [3.05, 3.63) is 29.3 Å². The third-order valence-corrected chi connectivity index (χ3v) is 4.08. The third-order valence-electron chi connectivity index (χ3n) is 4.08. The minimum absolute atomic E-state index is 0.0930. The average molecular weight is 261 g/mol. The molecule has 2 aliphatic heterocycles. The van der Waals surface area contributed by atoms with Crippen molar-refractivity contribution in [3.8, 4) is 5.75 Å². The van der Waals surface area contributed by atoms with Gasteiger partial charge in [-0.1, -0.05) is 0 Å². The lowest BCUT2D eigenvalue weighted by Gasteiger charge is -2.37. The van der Waals surface area contributed by atoms with Crippen molar-refractivity contribution in [1.82, 2.24) is 4.90 Å². The molecule has 4 nitrogen and oxygen atoms in total. The second-order valence-corrected chi connectivity index (χ2v) is 5.24. The number of hydrogen-bond acceptors (Lipinski definition) is 3. The smallest absolute Gasteiger partial charge is 0.254 e. The van der Waals surface area contributed by atoms with Crippen molar-refractivity contribution in [2.75, 3.05) is 19.8 Å². The van der Waals surface area contributed by atoms with Crippen LogP contribution >= 0.6 is 0 Å². The molecular weight excluding hydrogens is 242 g/mol. The normalized spacial score (nSPS) is 25.9. The highest BCUT2D eigenvalue weighted by Crippen LogP contribution is 2.27. The molecule has 1 aromatic rings. The fraction of sp³-hybridized carbons (Fsp3) is 0.533. The highest BCUT2D eigenvalue weighted by atomic mass is 16.5. The number of ether oxygens (including phenoxy) is 2. The minimum atomic E-state index is 0.0930. The first-order chi connectivity index (χ1) is 9.16. The summed E-state index contributed by atoms with van der Waals surface area (Å²) in [6.07, 6.45) is 0.987. The van der Waals surface area contributed by atoms with Crippen LogP contribution in [-0.2, 0) is 11.2 Å². The fourth-order valence-corrected chi connectivity index (χ4v) is 2.71. The Bertz CT molecular complexity index is 500. The van der Waals surface area contributed by atoms with Crippen molar-refractivity contribution < 1.29 is 14.3 Å². The van der Waals surface area contributed by atoms with Gasteiger partial charge in [-0.2, -0.15) is 0 Å². The summed E-state index contributed by atoms with van der Waals surface area (Å²) in [5.74, 6) is 1.01. The molecule has 0 saturated carbocycles. The van der Waals surface area contributed by atoms with Gasteiger partial charge in [0.1, 0.15) is 5.75 Å². The van der Waals surface area contributed by atoms with Gasteiger partial charge in [-0.15, -0.1) is 0 Å². The van der Waals surface area contributed by atoms with Crippen molar-refractivity contribution >= 4 is 5.91 Å². The van der Waals surface area contributed by atoms with Crippen molar-refractivity contribution in [2.24, 2.45) is 0 Å². The van der Waals surface area contributed by atoms with Gasteiger partial charge in [0, 0.05) is 18.5 Å². The largest absolute Gasteiger partial charge is 0.493 e. The lowest BCUT2D eigenvalue weighted by molar-refractivity contribution is -0.0440. The number of morpholine rings is 1. The molecule has 1 aromatic carbocycles. The van der Waals surface area contributed by atoms with Gasteiger partial charge in [-0.05, 0) is 37.6 Å². The maximum Gasteiger partial charge on any atom is 0.254 e. The highest BCUT2D eigenvalue weighted by Gasteiger charge is 2.30. The van der Waals surface area contributed by atoms with Crippen LogP contribution in [-0.4, -0.2) is 42.7 Å². The number of hydrogen-bond donors (Lipinski definition) is 0. The standard InChI is InChI=1S/C15H19NO3/c1-10-11(2)18-8-6-16(10)15(17)13-3-4-14-12(9-13)5-7-19-14/h3-4,9-11H,5-8H2,1-2H3. The van der Waals surface area contributed by atoms with Gasteiger partial charge in [-0.25, -0.2) is 0 Å². The monoisotopic (exact) mass is 261 g/mol. The molecule has 0 aromatic heterocycles. The molecule has 0 bridgehead atoms. The molecule has 3 rings (SSSR count). The summed E-state index contributed by atoms with van der Waals surface area (Å²) in [5, 5.41) is 0. The molecule has 0 N–H and O–H groups in total. The van der Waals surface area contributed by atoms with E-state index in [1.165, 1.54) is 0 Å². The predicted octanol–water partition coefficient (Wildman–Crippen LogP) is 1.87. The first-order valence-corrected chi connectivity index (χ1v) is 6.85. The number of carbonyl (C=O) groups is 1. The molecule has 2 aliphatic rings. The molecule has 4 heteroatoms. The number of benzene rings is 1. The minimum Gasteiger partial charge on any atom is -0.493 e. The van der Waals surface area contributed by atoms with E-state index in [-0.39, 0.29) is 18.1 Å². The second-order valence-electron chi connectivity index (χ2n) is 5.24. The Morgan fingerprint density at radius 1 is 1.32 bits per heavy atom. The molecule has 0 radical (unpaired) electrons. The number of fused-ring (bicyclic) bond motifs is 1. The first-order valence-electron chi connectivity index (χ1n) is 6.85. The summed E-state index contributed by atoms with van der Waals surface area (Å²) in [4.78, 5) is 14.5. The SMILES string of the molecule is CC1OCCN(C(=O)c2ccc3c(c2)CCO3)C1C. The maximum atomic E-state index is 12.6. The van der Waals surface area contributed by atoms with E-state index in [0.29, 0.717) is 13.2 Å². The summed E-state index contributed by atoms with van der Waals surface area (Å²) in [5.41, 5.74) is 1.89. The lowest BCUT2D eigenvalue weighted by Crippen LogP contribution is -2.51. The van der Waals surface area contributed by atoms with Gasteiger partial charge in [0.05, 0.1) is 25.4 Å². The molecule has 1 saturated heterocycles. The van der Waals surface area contributed by atoms with E-state index in [4.69, 9.17) is 9.47 Å². The molecular formula is C15H19NO3. The quantitative estimate of drug-likeness (QED) is 0.774. The molecule has 2 unspecified atom stereocenters. The number of nitrogens with zero attached hydrogens (tertiary/aromatic N) is 1. The molecule has 1 amide bonds. The Morgan fingerprint density at radius 2 is 2.16 bits per heavy atom. The summed E-state index contributed by atoms with van der Waals surface area (Å²) < 4.78 is 11.0. The van der Waals surface area contributed by atoms with Gasteiger partial charge in [0.2, 0.25) is 0 Å². The molecule has 102 valence electrons. The fourth-order valence-electron chi connectivity index (χ4n) is 2.71. The number of carbonyl (C=O) groups excluding carboxylic acids is 1. The Kier molecular flexibility index (Phi) is 3.19. The zero-order valence-electron chi connectivity index (χ0n) is 11.4. The Labute approximate surface area is 113 Å². The topological polar surface area (TPSA) is 38.8 Å². The van der Waals surface area contributed by atoms with Gasteiger partial charge in [0.25, 0.3) is 5.91 Å². The molecule has 0 aliphatic carbocycles. The third kappa shape index (κ3) is 2.21. The molecule has 0 spiro atoms. The average Bonchev–Trinajstić information content (AvgIpc) is 2.88. The van der Waals surface area contributed by atoms with Gasteiger partial charge in [-0.3, -0.25) is 4.79 Å². The Morgan fingerprint density at radius 3 is 3.00 bits per heavy atom. The summed E-state index contributed by atoms with van der Waals surface area (Å²) >= 11 is 0. The van der Waals surface area contributed by atoms with Crippen LogP contribution in [0.25, 0.3) is 0 Å². The van der Waals surface area contributed by atoms with Crippen LogP contribution < -0.4 is 4.74 Å². The zero-order chi connectivity index (χ0) is 13.4. The van der Waals surface area contributed by atoms with Crippen LogP contribution in [0.4, 0.5) is 0 Å². The van der Waals surface area contributed by atoms with Crippen LogP contribution in [0.3, 0.4) is 0 Å². The molecule has 19 heavy (non-hydrogen) atoms. The number of rotatable bonds is 1. The van der Waals surface area contributed by atoms with Gasteiger partial charge in [0.15, 0.2) is 0 Å². The molecule has 2 heterocycles. The lowest BCUT2D eigenvalue weighted by atomic mass is 10.1. The maximum absolute atomic E-state index is 12.6. The van der Waals surface area contributed by atoms with Crippen molar-refractivity contribution in [3.63, 3.8) is 0 Å². The van der Waals surface area contributed by atoms with Gasteiger partial charge < -0.3 is 14.4 Å². The summed E-state index contributed by atoms with van der Waals surface area (Å²) in [6.45, 7) is 6.06. The zero-order valence-corrected chi connectivity index (χ0v) is 11.4. The van der Waals surface area contributed by atoms with E-state index in [0.717, 1.165) is 29.9 Å². The van der Waals surface area contributed by atoms with Gasteiger partial charge >= 0.3 is 0 Å². The van der Waals surface area contributed by atoms with Crippen molar-refractivity contribution in [2.45, 2.75) is 32.4 Å². The van der Waals surface area contributed by atoms with Crippen molar-refractivity contribution in [1.29, 1.82) is 0 Å². The second kappa shape index (κ2) is 4.85. The van der Waals surface area contributed by atoms with E-state index in [1.54, 1.807) is 0 Å². The van der Waals surface area contributed by atoms with Crippen LogP contribution in [0.1, 0.15) is 29.8 Å². The van der Waals surface area contributed by atoms with E-state index >= 15 is 0 Å². The number of amides is 1. The van der Waals surface area contributed by atoms with E-state index in [9.17, 15) is 4.79 Å². The van der Waals surface area contributed by atoms with Crippen LogP contribution in [0.15, 0.2) is 18.2 Å². The highest BCUT2D eigenvalue weighted by molar-refractivity contribution is 5.95. The molecule has 2 atom stereocenters. The predicted molar refractivity (Wildman–Crippen MR) is 71.6 cm³/mol. The first kappa shape index (κ1) is 12.5. The summed E-state index contributed by atoms with van der Waals surface area (Å²) in [6, 6.07) is 5.85. The van der Waals surface area contributed by atoms with Crippen LogP contribution in [0.2, 0.25) is 0 Å². The summed E-state index contributed by atoms with van der Waals surface area (Å²) in [7, 11) is 0. The Hall–Kier alpha value is -1.55.